The van der Waals surface area contributed by atoms with Crippen molar-refractivity contribution in [2.75, 3.05) is 16.4 Å². The Morgan fingerprint density at radius 2 is 2.14 bits per heavy atom. The van der Waals surface area contributed by atoms with Gasteiger partial charge in [0, 0.05) is 5.69 Å². The van der Waals surface area contributed by atoms with E-state index in [1.54, 1.807) is 12.1 Å². The Morgan fingerprint density at radius 3 is 2.86 bits per heavy atom. The lowest BCUT2D eigenvalue weighted by molar-refractivity contribution is 0.262. The first-order valence-corrected chi connectivity index (χ1v) is 8.00. The summed E-state index contributed by atoms with van der Waals surface area (Å²) in [6.07, 6.45) is 0. The molecule has 0 aliphatic carbocycles. The molecule has 0 bridgehead atoms. The van der Waals surface area contributed by atoms with Crippen molar-refractivity contribution in [2.45, 2.75) is 4.34 Å². The molecule has 0 saturated heterocycles. The number of thioether (sulfide) groups is 1. The molecule has 1 heterocycles. The molecule has 2 amide bonds. The van der Waals surface area contributed by atoms with Crippen molar-refractivity contribution >= 4 is 63.2 Å². The summed E-state index contributed by atoms with van der Waals surface area (Å²) in [5.74, 6) is 0.282. The molecule has 2 rings (SSSR count). The van der Waals surface area contributed by atoms with Gasteiger partial charge >= 0.3 is 6.03 Å². The second kappa shape index (κ2) is 7.47. The highest BCUT2D eigenvalue weighted by Crippen LogP contribution is 2.26. The number of hydrogen-bond acceptors (Lipinski definition) is 6. The summed E-state index contributed by atoms with van der Waals surface area (Å²) in [5, 5.41) is 22.3. The Labute approximate surface area is 138 Å². The highest BCUT2D eigenvalue weighted by Gasteiger charge is 2.09. The van der Waals surface area contributed by atoms with E-state index in [9.17, 15) is 4.79 Å². The number of carbonyl (C=O) groups excluding carboxylic acids is 1. The first kappa shape index (κ1) is 15.9. The van der Waals surface area contributed by atoms with Crippen LogP contribution < -0.4 is 10.6 Å². The van der Waals surface area contributed by atoms with E-state index >= 15 is 0 Å². The topological polar surface area (TPSA) is 90.7 Å². The normalized spacial score (nSPS) is 9.95. The lowest BCUT2D eigenvalue weighted by atomic mass is 10.3. The summed E-state index contributed by atoms with van der Waals surface area (Å²) in [6.45, 7) is 0. The van der Waals surface area contributed by atoms with Crippen molar-refractivity contribution in [3.63, 3.8) is 0 Å². The molecule has 10 heteroatoms. The zero-order chi connectivity index (χ0) is 15.2. The van der Waals surface area contributed by atoms with Crippen molar-refractivity contribution in [3.8, 4) is 6.07 Å². The molecule has 1 aromatic heterocycles. The van der Waals surface area contributed by atoms with E-state index in [-0.39, 0.29) is 5.75 Å². The van der Waals surface area contributed by atoms with Gasteiger partial charge in [-0.3, -0.25) is 5.32 Å². The molecule has 2 N–H and O–H groups in total. The van der Waals surface area contributed by atoms with Crippen molar-refractivity contribution in [3.05, 3.63) is 28.2 Å². The highest BCUT2D eigenvalue weighted by molar-refractivity contribution is 8.01. The molecular weight excluding hydrogens is 353 g/mol. The van der Waals surface area contributed by atoms with Gasteiger partial charge in [0.05, 0.1) is 21.9 Å². The summed E-state index contributed by atoms with van der Waals surface area (Å²) in [5.41, 5.74) is 0.505. The maximum atomic E-state index is 11.8. The molecule has 2 aromatic rings. The van der Waals surface area contributed by atoms with Crippen LogP contribution in [0.4, 0.5) is 15.6 Å². The van der Waals surface area contributed by atoms with Gasteiger partial charge in [0.1, 0.15) is 0 Å². The van der Waals surface area contributed by atoms with E-state index in [1.807, 2.05) is 6.07 Å². The number of nitrogens with zero attached hydrogens (tertiary/aromatic N) is 3. The molecule has 6 nitrogen and oxygen atoms in total. The Kier molecular flexibility index (Phi) is 5.64. The number of halogens is 2. The minimum Gasteiger partial charge on any atom is -0.308 e. The number of urea groups is 1. The fourth-order valence-electron chi connectivity index (χ4n) is 1.25. The van der Waals surface area contributed by atoms with Gasteiger partial charge in [-0.2, -0.15) is 5.26 Å². The van der Waals surface area contributed by atoms with Gasteiger partial charge in [0.2, 0.25) is 5.13 Å². The predicted octanol–water partition coefficient (Wildman–Crippen LogP) is 4.10. The summed E-state index contributed by atoms with van der Waals surface area (Å²) in [6, 6.07) is 6.27. The smallest absolute Gasteiger partial charge is 0.308 e. The number of nitrogens with one attached hydrogen (secondary N) is 2. The summed E-state index contributed by atoms with van der Waals surface area (Å²) in [4.78, 5) is 11.8. The van der Waals surface area contributed by atoms with Crippen LogP contribution in [0.3, 0.4) is 0 Å². The van der Waals surface area contributed by atoms with E-state index in [0.29, 0.717) is 25.2 Å². The minimum atomic E-state index is -0.471. The lowest BCUT2D eigenvalue weighted by Gasteiger charge is -2.05. The van der Waals surface area contributed by atoms with Gasteiger partial charge < -0.3 is 5.32 Å². The molecule has 21 heavy (non-hydrogen) atoms. The second-order valence-corrected chi connectivity index (χ2v) is 6.54. The third kappa shape index (κ3) is 4.75. The number of aromatic nitrogens is 2. The van der Waals surface area contributed by atoms with Crippen LogP contribution in [-0.4, -0.2) is 22.0 Å². The number of amides is 2. The largest absolute Gasteiger partial charge is 0.325 e. The Bertz CT molecular complexity index is 700. The van der Waals surface area contributed by atoms with Crippen LogP contribution in [0.5, 0.6) is 0 Å². The SMILES string of the molecule is N#CCSc1nnc(NC(=O)Nc2ccc(Cl)c(Cl)c2)s1. The number of benzene rings is 1. The van der Waals surface area contributed by atoms with Crippen molar-refractivity contribution in [2.24, 2.45) is 0 Å². The maximum absolute atomic E-state index is 11.8. The molecule has 0 saturated carbocycles. The van der Waals surface area contributed by atoms with Gasteiger partial charge in [0.15, 0.2) is 4.34 Å². The molecule has 0 radical (unpaired) electrons. The molecule has 0 aliphatic rings. The zero-order valence-electron chi connectivity index (χ0n) is 10.3. The number of nitriles is 1. The maximum Gasteiger partial charge on any atom is 0.325 e. The lowest BCUT2D eigenvalue weighted by Crippen LogP contribution is -2.19. The average Bonchev–Trinajstić information content (AvgIpc) is 2.88. The first-order chi connectivity index (χ1) is 10.1. The van der Waals surface area contributed by atoms with E-state index < -0.39 is 6.03 Å². The minimum absolute atomic E-state index is 0.282. The monoisotopic (exact) mass is 359 g/mol. The molecule has 0 spiro atoms. The molecule has 1 aromatic carbocycles. The van der Waals surface area contributed by atoms with E-state index in [0.717, 1.165) is 0 Å². The Hall–Kier alpha value is -1.53. The van der Waals surface area contributed by atoms with Gasteiger partial charge in [-0.15, -0.1) is 10.2 Å². The molecule has 0 unspecified atom stereocenters. The standard InChI is InChI=1S/C11H7Cl2N5OS2/c12-7-2-1-6(5-8(7)13)15-9(19)16-10-17-18-11(21-10)20-4-3-14/h1-2,5H,4H2,(H2,15,16,17,19). The van der Waals surface area contributed by atoms with Crippen LogP contribution in [0.25, 0.3) is 0 Å². The number of rotatable bonds is 4. The van der Waals surface area contributed by atoms with Crippen LogP contribution in [0.1, 0.15) is 0 Å². The quantitative estimate of drug-likeness (QED) is 0.633. The number of carbonyl (C=O) groups is 1. The second-order valence-electron chi connectivity index (χ2n) is 3.53. The van der Waals surface area contributed by atoms with Crippen LogP contribution >= 0.6 is 46.3 Å². The van der Waals surface area contributed by atoms with Gasteiger partial charge in [-0.05, 0) is 18.2 Å². The summed E-state index contributed by atoms with van der Waals surface area (Å²) in [7, 11) is 0. The van der Waals surface area contributed by atoms with E-state index in [1.165, 1.54) is 29.2 Å². The van der Waals surface area contributed by atoms with Crippen LogP contribution in [-0.2, 0) is 0 Å². The van der Waals surface area contributed by atoms with E-state index in [2.05, 4.69) is 20.8 Å². The van der Waals surface area contributed by atoms with Crippen LogP contribution in [0.15, 0.2) is 22.5 Å². The Balaban J connectivity index is 1.93. The van der Waals surface area contributed by atoms with Crippen LogP contribution in [0, 0.1) is 11.3 Å². The number of anilines is 2. The first-order valence-electron chi connectivity index (χ1n) is 5.45. The average molecular weight is 360 g/mol. The van der Waals surface area contributed by atoms with Gasteiger partial charge in [-0.1, -0.05) is 46.3 Å². The molecule has 108 valence electrons. The van der Waals surface area contributed by atoms with Crippen LogP contribution in [0.2, 0.25) is 10.0 Å². The fourth-order valence-corrected chi connectivity index (χ4v) is 2.95. The molecule has 0 atom stereocenters. The van der Waals surface area contributed by atoms with Crippen molar-refractivity contribution < 1.29 is 4.79 Å². The summed E-state index contributed by atoms with van der Waals surface area (Å²) >= 11 is 14.1. The van der Waals surface area contributed by atoms with Gasteiger partial charge in [-0.25, -0.2) is 4.79 Å². The highest BCUT2D eigenvalue weighted by atomic mass is 35.5. The molecular formula is C11H7Cl2N5OS2. The Morgan fingerprint density at radius 1 is 1.33 bits per heavy atom. The molecule has 0 aliphatic heterocycles. The predicted molar refractivity (Wildman–Crippen MR) is 85.3 cm³/mol. The van der Waals surface area contributed by atoms with Crippen molar-refractivity contribution in [1.82, 2.24) is 10.2 Å². The van der Waals surface area contributed by atoms with Gasteiger partial charge in [0.25, 0.3) is 0 Å². The van der Waals surface area contributed by atoms with E-state index in [4.69, 9.17) is 28.5 Å². The zero-order valence-corrected chi connectivity index (χ0v) is 13.4. The third-order valence-corrected chi connectivity index (χ3v) is 4.64. The fraction of sp³-hybridized carbons (Fsp3) is 0.0909. The number of hydrogen-bond donors (Lipinski definition) is 2. The van der Waals surface area contributed by atoms with Crippen molar-refractivity contribution in [1.29, 1.82) is 5.26 Å². The summed E-state index contributed by atoms with van der Waals surface area (Å²) < 4.78 is 0.612. The molecule has 0 fully saturated rings. The third-order valence-electron chi connectivity index (χ3n) is 2.06.